The molecule has 0 fully saturated rings. The molecule has 0 aromatic heterocycles. The summed E-state index contributed by atoms with van der Waals surface area (Å²) in [5.41, 5.74) is 0.560. The SMILES string of the molecule is CNC(=O)c1ccc(NS(=O)(=O)c2ccccc2Cl)c(OC)c1. The molecule has 23 heavy (non-hydrogen) atoms. The summed E-state index contributed by atoms with van der Waals surface area (Å²) in [5, 5.41) is 2.59. The van der Waals surface area contributed by atoms with Gasteiger partial charge in [-0.2, -0.15) is 0 Å². The highest BCUT2D eigenvalue weighted by atomic mass is 35.5. The second-order valence-electron chi connectivity index (χ2n) is 4.53. The van der Waals surface area contributed by atoms with Crippen LogP contribution in [0.3, 0.4) is 0 Å². The minimum absolute atomic E-state index is 0.0425. The predicted molar refractivity (Wildman–Crippen MR) is 88.6 cm³/mol. The van der Waals surface area contributed by atoms with Gasteiger partial charge in [-0.3, -0.25) is 9.52 Å². The highest BCUT2D eigenvalue weighted by Gasteiger charge is 2.20. The molecule has 0 bridgehead atoms. The number of hydrogen-bond acceptors (Lipinski definition) is 4. The van der Waals surface area contributed by atoms with Crippen LogP contribution in [0.1, 0.15) is 10.4 Å². The van der Waals surface area contributed by atoms with Gasteiger partial charge in [0.1, 0.15) is 10.6 Å². The third kappa shape index (κ3) is 3.75. The van der Waals surface area contributed by atoms with E-state index in [0.29, 0.717) is 5.56 Å². The average Bonchev–Trinajstić information content (AvgIpc) is 2.54. The first-order valence-corrected chi connectivity index (χ1v) is 8.42. The zero-order valence-electron chi connectivity index (χ0n) is 12.5. The third-order valence-electron chi connectivity index (χ3n) is 3.06. The summed E-state index contributed by atoms with van der Waals surface area (Å²) in [6.07, 6.45) is 0. The predicted octanol–water partition coefficient (Wildman–Crippen LogP) is 2.51. The maximum Gasteiger partial charge on any atom is 0.263 e. The van der Waals surface area contributed by atoms with Crippen LogP contribution in [0.5, 0.6) is 5.75 Å². The van der Waals surface area contributed by atoms with Gasteiger partial charge < -0.3 is 10.1 Å². The Balaban J connectivity index is 2.40. The smallest absolute Gasteiger partial charge is 0.263 e. The van der Waals surface area contributed by atoms with Gasteiger partial charge in [-0.15, -0.1) is 0 Å². The lowest BCUT2D eigenvalue weighted by molar-refractivity contribution is 0.0963. The molecular weight excluding hydrogens is 340 g/mol. The lowest BCUT2D eigenvalue weighted by Crippen LogP contribution is -2.18. The molecule has 0 radical (unpaired) electrons. The number of methoxy groups -OCH3 is 1. The molecule has 122 valence electrons. The first-order chi connectivity index (χ1) is 10.9. The summed E-state index contributed by atoms with van der Waals surface area (Å²) in [6.45, 7) is 0. The lowest BCUT2D eigenvalue weighted by Gasteiger charge is -2.13. The molecule has 0 aliphatic carbocycles. The van der Waals surface area contributed by atoms with Gasteiger partial charge in [0.15, 0.2) is 0 Å². The van der Waals surface area contributed by atoms with Crippen LogP contribution < -0.4 is 14.8 Å². The minimum atomic E-state index is -3.88. The number of rotatable bonds is 5. The number of sulfonamides is 1. The third-order valence-corrected chi connectivity index (χ3v) is 4.93. The Bertz CT molecular complexity index is 837. The van der Waals surface area contributed by atoms with Crippen LogP contribution in [0.4, 0.5) is 5.69 Å². The highest BCUT2D eigenvalue weighted by molar-refractivity contribution is 7.92. The van der Waals surface area contributed by atoms with E-state index >= 15 is 0 Å². The average molecular weight is 355 g/mol. The molecular formula is C15H15ClN2O4S. The number of hydrogen-bond donors (Lipinski definition) is 2. The number of amides is 1. The number of anilines is 1. The number of ether oxygens (including phenoxy) is 1. The van der Waals surface area contributed by atoms with Crippen LogP contribution in [0.2, 0.25) is 5.02 Å². The van der Waals surface area contributed by atoms with E-state index in [1.54, 1.807) is 12.1 Å². The maximum absolute atomic E-state index is 12.4. The van der Waals surface area contributed by atoms with Gasteiger partial charge in [0, 0.05) is 12.6 Å². The van der Waals surface area contributed by atoms with Crippen molar-refractivity contribution in [2.75, 3.05) is 18.9 Å². The van der Waals surface area contributed by atoms with Gasteiger partial charge in [0.25, 0.3) is 15.9 Å². The number of halogens is 1. The van der Waals surface area contributed by atoms with E-state index in [9.17, 15) is 13.2 Å². The molecule has 0 unspecified atom stereocenters. The van der Waals surface area contributed by atoms with Crippen LogP contribution in [0.25, 0.3) is 0 Å². The van der Waals surface area contributed by atoms with Crippen LogP contribution in [0, 0.1) is 0 Å². The Hall–Kier alpha value is -2.25. The zero-order chi connectivity index (χ0) is 17.0. The molecule has 0 saturated carbocycles. The summed E-state index contributed by atoms with van der Waals surface area (Å²) in [5.74, 6) is -0.0782. The largest absolute Gasteiger partial charge is 0.495 e. The number of carbonyl (C=O) groups is 1. The van der Waals surface area contributed by atoms with Crippen molar-refractivity contribution >= 4 is 33.2 Å². The van der Waals surface area contributed by atoms with Crippen LogP contribution in [0.15, 0.2) is 47.4 Å². The fraction of sp³-hybridized carbons (Fsp3) is 0.133. The van der Waals surface area contributed by atoms with Gasteiger partial charge in [-0.25, -0.2) is 8.42 Å². The van der Waals surface area contributed by atoms with Crippen molar-refractivity contribution in [3.8, 4) is 5.75 Å². The summed E-state index contributed by atoms with van der Waals surface area (Å²) in [4.78, 5) is 11.6. The molecule has 2 rings (SSSR count). The van der Waals surface area contributed by atoms with E-state index in [0.717, 1.165) is 0 Å². The number of nitrogens with one attached hydrogen (secondary N) is 2. The van der Waals surface area contributed by atoms with Crippen LogP contribution in [-0.4, -0.2) is 28.5 Å². The quantitative estimate of drug-likeness (QED) is 0.864. The summed E-state index contributed by atoms with van der Waals surface area (Å²) >= 11 is 5.93. The Labute approximate surface area is 139 Å². The van der Waals surface area contributed by atoms with Crippen LogP contribution >= 0.6 is 11.6 Å². The molecule has 0 aliphatic rings. The van der Waals surface area contributed by atoms with Gasteiger partial charge in [-0.1, -0.05) is 23.7 Å². The summed E-state index contributed by atoms with van der Waals surface area (Å²) in [7, 11) is -0.990. The molecule has 0 aliphatic heterocycles. The monoisotopic (exact) mass is 354 g/mol. The van der Waals surface area contributed by atoms with Crippen molar-refractivity contribution < 1.29 is 17.9 Å². The Morgan fingerprint density at radius 1 is 1.17 bits per heavy atom. The molecule has 2 N–H and O–H groups in total. The molecule has 0 atom stereocenters. The molecule has 2 aromatic carbocycles. The van der Waals surface area contributed by atoms with E-state index < -0.39 is 10.0 Å². The van der Waals surface area contributed by atoms with Gasteiger partial charge in [0.05, 0.1) is 17.8 Å². The van der Waals surface area contributed by atoms with Crippen molar-refractivity contribution in [3.05, 3.63) is 53.1 Å². The molecule has 0 saturated heterocycles. The van der Waals surface area contributed by atoms with Crippen molar-refractivity contribution in [1.29, 1.82) is 0 Å². The van der Waals surface area contributed by atoms with E-state index in [2.05, 4.69) is 10.0 Å². The normalized spacial score (nSPS) is 10.9. The van der Waals surface area contributed by atoms with Crippen molar-refractivity contribution in [1.82, 2.24) is 5.32 Å². The standard InChI is InChI=1S/C15H15ClN2O4S/c1-17-15(19)10-7-8-12(13(9-10)22-2)18-23(20,21)14-6-4-3-5-11(14)16/h3-9,18H,1-2H3,(H,17,19). The van der Waals surface area contributed by atoms with Gasteiger partial charge >= 0.3 is 0 Å². The fourth-order valence-electron chi connectivity index (χ4n) is 1.92. The lowest BCUT2D eigenvalue weighted by atomic mass is 10.2. The van der Waals surface area contributed by atoms with Gasteiger partial charge in [0.2, 0.25) is 0 Å². The number of carbonyl (C=O) groups excluding carboxylic acids is 1. The first kappa shape index (κ1) is 17.1. The number of benzene rings is 2. The van der Waals surface area contributed by atoms with Crippen molar-refractivity contribution in [2.45, 2.75) is 4.90 Å². The first-order valence-electron chi connectivity index (χ1n) is 6.56. The van der Waals surface area contributed by atoms with Crippen LogP contribution in [-0.2, 0) is 10.0 Å². The highest BCUT2D eigenvalue weighted by Crippen LogP contribution is 2.29. The molecule has 2 aromatic rings. The Morgan fingerprint density at radius 2 is 1.87 bits per heavy atom. The molecule has 0 heterocycles. The molecule has 6 nitrogen and oxygen atoms in total. The Morgan fingerprint density at radius 3 is 2.48 bits per heavy atom. The second-order valence-corrected chi connectivity index (χ2v) is 6.59. The maximum atomic E-state index is 12.4. The van der Waals surface area contributed by atoms with E-state index in [-0.39, 0.29) is 27.3 Å². The van der Waals surface area contributed by atoms with Crippen molar-refractivity contribution in [3.63, 3.8) is 0 Å². The Kier molecular flexibility index (Phi) is 5.12. The fourth-order valence-corrected chi connectivity index (χ4v) is 3.51. The topological polar surface area (TPSA) is 84.5 Å². The summed E-state index contributed by atoms with van der Waals surface area (Å²) in [6, 6.07) is 10.5. The molecule has 0 spiro atoms. The second kappa shape index (κ2) is 6.89. The zero-order valence-corrected chi connectivity index (χ0v) is 14.0. The van der Waals surface area contributed by atoms with E-state index in [1.807, 2.05) is 0 Å². The van der Waals surface area contributed by atoms with E-state index in [4.69, 9.17) is 16.3 Å². The van der Waals surface area contributed by atoms with Crippen molar-refractivity contribution in [2.24, 2.45) is 0 Å². The summed E-state index contributed by atoms with van der Waals surface area (Å²) < 4.78 is 32.4. The van der Waals surface area contributed by atoms with E-state index in [1.165, 1.54) is 44.5 Å². The molecule has 8 heteroatoms. The minimum Gasteiger partial charge on any atom is -0.495 e. The van der Waals surface area contributed by atoms with Gasteiger partial charge in [-0.05, 0) is 30.3 Å². The molecule has 1 amide bonds.